The van der Waals surface area contributed by atoms with E-state index in [4.69, 9.17) is 65.5 Å². The molecule has 0 bridgehead atoms. The van der Waals surface area contributed by atoms with Gasteiger partial charge in [0.1, 0.15) is 66.4 Å². The summed E-state index contributed by atoms with van der Waals surface area (Å²) in [6.45, 7) is 14.3. The Kier molecular flexibility index (Phi) is 38.8. The largest absolute Gasteiger partial charge is 0.447 e. The predicted molar refractivity (Wildman–Crippen MR) is 534 cm³/mol. The molecule has 2 unspecified atom stereocenters. The second-order valence-corrected chi connectivity index (χ2v) is 36.8. The molecule has 0 radical (unpaired) electrons. The highest BCUT2D eigenvalue weighted by atomic mass is 35.5. The molecule has 142 heavy (non-hydrogen) atoms. The van der Waals surface area contributed by atoms with Gasteiger partial charge in [0.2, 0.25) is 23.6 Å². The van der Waals surface area contributed by atoms with E-state index < -0.39 is 113 Å². The zero-order chi connectivity index (χ0) is 103. The molecule has 1 aliphatic rings. The van der Waals surface area contributed by atoms with Crippen LogP contribution in [0.15, 0.2) is 213 Å². The van der Waals surface area contributed by atoms with Crippen LogP contribution in [0, 0.1) is 40.9 Å². The number of pyridine rings is 4. The number of anilines is 4. The van der Waals surface area contributed by atoms with E-state index in [2.05, 4.69) is 52.1 Å². The minimum absolute atomic E-state index is 0.000491. The lowest BCUT2D eigenvalue weighted by Gasteiger charge is -2.46. The number of rotatable bonds is 36. The standard InChI is InChI=1S/C49H51Cl2F3N10O6.2C26H30ClFN4O4/c1-31(65)63(62(25-35-8-5-6-10-42(35)50)40(26-59(2)3)29-69-49(68)58-44-20-36-18-38(52)14-12-32(36)22-55-44)41(27-61-17-16-60(4)46(66)28-61)30-70-64(45-21-37-19-39(53)15-13-33(37)23-56-45)48(67)57-24-34-9-7-11-43(54)47(34)51;2*1-16(26(3,4)35)23(32(17(2)33)30-14-19-7-5-6-8-22(19)27)15-36-25(34)31-24-12-20-11-21(28)10-9-18(20)13-29-24/h5-15,18-23,40-41H,16-17,24-30H2,1-4H3,(H,57,67)(H,55,58,68);2*5-13,16,23,30,35H,14-15H2,1-4H3,(H,29,31,34)/t40-,41-;2*16?,23-/m011/s1. The van der Waals surface area contributed by atoms with Gasteiger partial charge in [0, 0.05) is 153 Å². The van der Waals surface area contributed by atoms with E-state index in [0.29, 0.717) is 66.0 Å². The Balaban J connectivity index is 0.000000225. The number of piperazine rings is 1. The van der Waals surface area contributed by atoms with Gasteiger partial charge in [-0.25, -0.2) is 76.9 Å². The van der Waals surface area contributed by atoms with Crippen LogP contribution >= 0.6 is 46.4 Å². The van der Waals surface area contributed by atoms with E-state index in [9.17, 15) is 70.5 Å². The number of hydrogen-bond donors (Lipinski definition) is 8. The summed E-state index contributed by atoms with van der Waals surface area (Å²) in [5.41, 5.74) is 6.17. The van der Waals surface area contributed by atoms with Gasteiger partial charge in [-0.1, -0.05) is 127 Å². The number of aromatic nitrogens is 4. The summed E-state index contributed by atoms with van der Waals surface area (Å²) in [5.74, 6) is -4.35. The fourth-order valence-corrected chi connectivity index (χ4v) is 16.1. The summed E-state index contributed by atoms with van der Waals surface area (Å²) in [6.07, 6.45) is 3.47. The lowest BCUT2D eigenvalue weighted by Crippen LogP contribution is -2.63. The van der Waals surface area contributed by atoms with Gasteiger partial charge in [-0.2, -0.15) is 5.06 Å². The molecule has 12 aromatic rings. The normalized spacial score (nSPS) is 13.6. The molecule has 0 spiro atoms. The molecule has 8 aromatic carbocycles. The lowest BCUT2D eigenvalue weighted by atomic mass is 9.86. The van der Waals surface area contributed by atoms with Crippen LogP contribution in [0.2, 0.25) is 20.1 Å². The van der Waals surface area contributed by atoms with Crippen molar-refractivity contribution in [3.63, 3.8) is 0 Å². The first-order valence-corrected chi connectivity index (χ1v) is 46.5. The SMILES string of the molecule is CC(=O)N(NCc1ccccc1Cl)[C@H](COC(=O)Nc1cc2cc(F)ccc2cn1)C(C)C(C)(C)O.CC(=O)N(NCc1ccccc1Cl)[C@H](COC(=O)Nc1cc2cc(F)ccc2cn1)C(C)C(C)(C)O.CC(=O)N([C@H](CON(C(=O)NCc1cccc(F)c1Cl)c1cc2cc(F)ccc2cn1)CN1CCN(C)C(=O)C1)N(Cc1ccccc1Cl)[C@H](COC(=O)Nc1cc2cc(F)ccc2cn1)CN(C)C. The van der Waals surface area contributed by atoms with Gasteiger partial charge in [-0.3, -0.25) is 59.9 Å². The van der Waals surface area contributed by atoms with Crippen LogP contribution in [0.25, 0.3) is 43.1 Å². The maximum Gasteiger partial charge on any atom is 0.412 e. The Morgan fingerprint density at radius 2 is 0.873 bits per heavy atom. The molecule has 8 N–H and O–H groups in total. The van der Waals surface area contributed by atoms with Crippen molar-refractivity contribution in [3.8, 4) is 0 Å². The maximum atomic E-state index is 14.5. The summed E-state index contributed by atoms with van der Waals surface area (Å²) in [6, 6.07) is 44.4. The molecule has 32 nitrogen and oxygen atoms in total. The molecular weight excluding hydrogens is 1930 g/mol. The van der Waals surface area contributed by atoms with Gasteiger partial charge >= 0.3 is 24.3 Å². The smallest absolute Gasteiger partial charge is 0.412 e. The molecule has 752 valence electrons. The summed E-state index contributed by atoms with van der Waals surface area (Å²) in [7, 11) is 5.31. The van der Waals surface area contributed by atoms with Crippen LogP contribution in [-0.2, 0) is 64.4 Å². The molecule has 1 saturated heterocycles. The fraction of sp³-hybridized carbons (Fsp3) is 0.327. The highest BCUT2D eigenvalue weighted by Gasteiger charge is 2.41. The Hall–Kier alpha value is -13.2. The third kappa shape index (κ3) is 31.2. The zero-order valence-corrected chi connectivity index (χ0v) is 82.9. The second kappa shape index (κ2) is 50.5. The number of urea groups is 1. The summed E-state index contributed by atoms with van der Waals surface area (Å²) in [4.78, 5) is 134. The Bertz CT molecular complexity index is 6290. The van der Waals surface area contributed by atoms with Gasteiger partial charge in [0.25, 0.3) is 0 Å². The molecule has 13 rings (SSSR count). The van der Waals surface area contributed by atoms with Crippen molar-refractivity contribution in [2.75, 3.05) is 101 Å². The van der Waals surface area contributed by atoms with Crippen molar-refractivity contribution in [3.05, 3.63) is 284 Å². The molecule has 0 saturated carbocycles. The third-order valence-corrected chi connectivity index (χ3v) is 25.1. The van der Waals surface area contributed by atoms with Crippen LogP contribution in [0.5, 0.6) is 0 Å². The van der Waals surface area contributed by atoms with Crippen LogP contribution in [0.1, 0.15) is 84.6 Å². The average molecular weight is 2040 g/mol. The molecular formula is C101H111Cl4F5N18O14. The molecule has 1 aliphatic heterocycles. The number of amides is 9. The minimum atomic E-state index is -1.19. The van der Waals surface area contributed by atoms with E-state index in [1.54, 1.807) is 131 Å². The maximum absolute atomic E-state index is 14.5. The van der Waals surface area contributed by atoms with E-state index in [1.165, 1.54) is 152 Å². The molecule has 6 atom stereocenters. The Morgan fingerprint density at radius 1 is 0.472 bits per heavy atom. The topological polar surface area (TPSA) is 364 Å². The van der Waals surface area contributed by atoms with Gasteiger partial charge in [-0.15, -0.1) is 0 Å². The number of carbonyl (C=O) groups excluding carboxylic acids is 8. The third-order valence-electron chi connectivity index (χ3n) is 23.6. The first-order chi connectivity index (χ1) is 67.4. The molecule has 9 amide bonds. The molecule has 5 heterocycles. The number of fused-ring (bicyclic) bond motifs is 4. The monoisotopic (exact) mass is 2030 g/mol. The number of benzene rings is 8. The van der Waals surface area contributed by atoms with Gasteiger partial charge < -0.3 is 39.5 Å². The summed E-state index contributed by atoms with van der Waals surface area (Å²) in [5, 5.41) is 44.4. The van der Waals surface area contributed by atoms with E-state index in [1.807, 2.05) is 48.2 Å². The van der Waals surface area contributed by atoms with Crippen LogP contribution in [0.4, 0.5) is 64.4 Å². The number of nitrogens with one attached hydrogen (secondary N) is 6. The van der Waals surface area contributed by atoms with Crippen LogP contribution in [-0.4, -0.2) is 228 Å². The Morgan fingerprint density at radius 3 is 1.27 bits per heavy atom. The van der Waals surface area contributed by atoms with E-state index in [0.717, 1.165) is 27.0 Å². The van der Waals surface area contributed by atoms with Crippen molar-refractivity contribution in [1.29, 1.82) is 0 Å². The molecule has 0 aliphatic carbocycles. The van der Waals surface area contributed by atoms with Crippen molar-refractivity contribution in [1.82, 2.24) is 70.8 Å². The quantitative estimate of drug-likeness (QED) is 0.0103. The van der Waals surface area contributed by atoms with Crippen LogP contribution in [0.3, 0.4) is 0 Å². The number of aliphatic hydroxyl groups is 2. The predicted octanol–water partition coefficient (Wildman–Crippen LogP) is 17.6. The van der Waals surface area contributed by atoms with Crippen LogP contribution < -0.4 is 37.2 Å². The molecule has 4 aromatic heterocycles. The first kappa shape index (κ1) is 109. The first-order valence-electron chi connectivity index (χ1n) is 45.0. The van der Waals surface area contributed by atoms with Gasteiger partial charge in [0.05, 0.1) is 53.5 Å². The van der Waals surface area contributed by atoms with Crippen molar-refractivity contribution < 1.29 is 89.6 Å². The number of carbonyl (C=O) groups is 8. The highest BCUT2D eigenvalue weighted by molar-refractivity contribution is 6.32. The number of ether oxygens (including phenoxy) is 3. The number of halogens is 9. The van der Waals surface area contributed by atoms with Crippen molar-refractivity contribution in [2.45, 2.75) is 124 Å². The van der Waals surface area contributed by atoms with E-state index >= 15 is 0 Å². The highest BCUT2D eigenvalue weighted by Crippen LogP contribution is 2.32. The minimum Gasteiger partial charge on any atom is -0.447 e. The summed E-state index contributed by atoms with van der Waals surface area (Å²) < 4.78 is 86.9. The summed E-state index contributed by atoms with van der Waals surface area (Å²) >= 11 is 25.5. The number of hydroxylamine groups is 1. The lowest BCUT2D eigenvalue weighted by molar-refractivity contribution is -0.171. The zero-order valence-electron chi connectivity index (χ0n) is 79.9. The number of hydrogen-bond acceptors (Lipinski definition) is 23. The van der Waals surface area contributed by atoms with Crippen molar-refractivity contribution in [2.24, 2.45) is 11.8 Å². The number of likely N-dealkylation sites (N-methyl/N-ethyl adjacent to an activating group) is 2. The number of nitrogens with zero attached hydrogens (tertiary/aromatic N) is 12. The number of hydrazine groups is 3. The van der Waals surface area contributed by atoms with E-state index in [-0.39, 0.29) is 117 Å². The van der Waals surface area contributed by atoms with Gasteiger partial charge in [-0.05, 0) is 207 Å². The molecule has 1 fully saturated rings. The fourth-order valence-electron chi connectivity index (χ4n) is 15.3. The Labute approximate surface area is 837 Å². The van der Waals surface area contributed by atoms with Gasteiger partial charge in [0.15, 0.2) is 5.82 Å². The second-order valence-electron chi connectivity index (χ2n) is 35.2. The van der Waals surface area contributed by atoms with Crippen molar-refractivity contribution >= 4 is 161 Å². The molecule has 41 heteroatoms. The average Bonchev–Trinajstić information content (AvgIpc) is 0.802.